The van der Waals surface area contributed by atoms with Crippen LogP contribution in [0.1, 0.15) is 16.8 Å². The first-order chi connectivity index (χ1) is 13.5. The molecular weight excluding hydrogens is 376 g/mol. The van der Waals surface area contributed by atoms with Crippen molar-refractivity contribution < 1.29 is 14.4 Å². The summed E-state index contributed by atoms with van der Waals surface area (Å²) in [4.78, 5) is 31.0. The molecular formula is C20H25N4O3S+. The number of thiazole rings is 1. The van der Waals surface area contributed by atoms with Gasteiger partial charge in [-0.3, -0.25) is 14.0 Å². The van der Waals surface area contributed by atoms with Gasteiger partial charge in [0.25, 0.3) is 11.5 Å². The van der Waals surface area contributed by atoms with E-state index in [2.05, 4.69) is 10.3 Å². The number of amides is 1. The Balaban J connectivity index is 1.72. The highest BCUT2D eigenvalue weighted by atomic mass is 32.1. The minimum atomic E-state index is -0.104. The number of hydrogen-bond donors (Lipinski definition) is 2. The molecule has 0 saturated carbocycles. The van der Waals surface area contributed by atoms with Gasteiger partial charge in [0.2, 0.25) is 0 Å². The third kappa shape index (κ3) is 4.83. The van der Waals surface area contributed by atoms with E-state index in [-0.39, 0.29) is 18.0 Å². The Morgan fingerprint density at radius 1 is 1.36 bits per heavy atom. The number of benzene rings is 1. The van der Waals surface area contributed by atoms with Crippen molar-refractivity contribution >= 4 is 27.9 Å². The minimum absolute atomic E-state index is 0.0753. The number of rotatable bonds is 8. The van der Waals surface area contributed by atoms with Crippen LogP contribution in [-0.4, -0.2) is 42.1 Å². The number of hydrogen-bond acceptors (Lipinski definition) is 5. The van der Waals surface area contributed by atoms with Crippen LogP contribution in [0.4, 0.5) is 5.69 Å². The van der Waals surface area contributed by atoms with Gasteiger partial charge in [-0.05, 0) is 31.0 Å². The number of nitrogens with zero attached hydrogens (tertiary/aromatic N) is 2. The molecule has 0 aliphatic heterocycles. The van der Waals surface area contributed by atoms with Crippen LogP contribution in [0.2, 0.25) is 0 Å². The van der Waals surface area contributed by atoms with Gasteiger partial charge < -0.3 is 15.0 Å². The lowest BCUT2D eigenvalue weighted by atomic mass is 10.1. The summed E-state index contributed by atoms with van der Waals surface area (Å²) in [5.41, 5.74) is 3.60. The van der Waals surface area contributed by atoms with Crippen LogP contribution in [0, 0.1) is 13.8 Å². The second-order valence-electron chi connectivity index (χ2n) is 6.78. The molecule has 0 radical (unpaired) electrons. The van der Waals surface area contributed by atoms with Gasteiger partial charge in [-0.1, -0.05) is 12.1 Å². The Labute approximate surface area is 167 Å². The van der Waals surface area contributed by atoms with Gasteiger partial charge in [-0.25, -0.2) is 4.98 Å². The van der Waals surface area contributed by atoms with E-state index in [1.165, 1.54) is 21.8 Å². The molecule has 0 aliphatic rings. The van der Waals surface area contributed by atoms with E-state index in [1.54, 1.807) is 13.3 Å². The van der Waals surface area contributed by atoms with Crippen molar-refractivity contribution in [2.45, 2.75) is 20.4 Å². The number of carbonyl (C=O) groups is 1. The van der Waals surface area contributed by atoms with Gasteiger partial charge in [-0.2, -0.15) is 0 Å². The smallest absolute Gasteiger partial charge is 0.279 e. The second kappa shape index (κ2) is 9.09. The third-order valence-corrected chi connectivity index (χ3v) is 5.49. The van der Waals surface area contributed by atoms with Crippen molar-refractivity contribution in [2.75, 3.05) is 32.1 Å². The van der Waals surface area contributed by atoms with Crippen molar-refractivity contribution in [3.63, 3.8) is 0 Å². The molecule has 1 aromatic carbocycles. The maximum absolute atomic E-state index is 12.6. The Kier molecular flexibility index (Phi) is 6.56. The van der Waals surface area contributed by atoms with Crippen molar-refractivity contribution in [3.8, 4) is 0 Å². The van der Waals surface area contributed by atoms with Gasteiger partial charge in [0.05, 0.1) is 6.61 Å². The van der Waals surface area contributed by atoms with E-state index >= 15 is 0 Å². The highest BCUT2D eigenvalue weighted by Crippen LogP contribution is 2.17. The van der Waals surface area contributed by atoms with Crippen LogP contribution >= 0.6 is 11.3 Å². The largest absolute Gasteiger partial charge is 0.379 e. The third-order valence-electron chi connectivity index (χ3n) is 4.74. The average molecular weight is 402 g/mol. The zero-order valence-electron chi connectivity index (χ0n) is 16.3. The maximum Gasteiger partial charge on any atom is 0.279 e. The highest BCUT2D eigenvalue weighted by molar-refractivity contribution is 7.15. The second-order valence-corrected chi connectivity index (χ2v) is 7.66. The van der Waals surface area contributed by atoms with E-state index in [0.717, 1.165) is 21.7 Å². The molecule has 1 atom stereocenters. The molecule has 1 amide bonds. The molecule has 3 rings (SSSR count). The molecule has 2 N–H and O–H groups in total. The van der Waals surface area contributed by atoms with Gasteiger partial charge in [0.1, 0.15) is 18.8 Å². The standard InChI is InChI=1S/C20H24N4O3S/c1-14-5-4-6-17(15(14)2)22-18(25)13-23(7-9-27-3)12-16-11-19(26)24-8-10-28-20(24)21-16/h4-6,8,10-11H,7,9,12-13H2,1-3H3,(H,22,25)/p+1. The summed E-state index contributed by atoms with van der Waals surface area (Å²) in [6, 6.07) is 7.39. The summed E-state index contributed by atoms with van der Waals surface area (Å²) < 4.78 is 6.71. The van der Waals surface area contributed by atoms with Crippen LogP contribution in [0.3, 0.4) is 0 Å². The predicted octanol–water partition coefficient (Wildman–Crippen LogP) is 1.04. The lowest BCUT2D eigenvalue weighted by molar-refractivity contribution is -0.906. The lowest BCUT2D eigenvalue weighted by Crippen LogP contribution is -3.12. The molecule has 28 heavy (non-hydrogen) atoms. The SMILES string of the molecule is COCC[NH+](CC(=O)Nc1cccc(C)c1C)Cc1cc(=O)n2ccsc2n1. The number of ether oxygens (including phenoxy) is 1. The van der Waals surface area contributed by atoms with Gasteiger partial charge >= 0.3 is 0 Å². The van der Waals surface area contributed by atoms with Crippen molar-refractivity contribution in [3.05, 3.63) is 63.0 Å². The Morgan fingerprint density at radius 2 is 2.18 bits per heavy atom. The van der Waals surface area contributed by atoms with Crippen LogP contribution in [0.5, 0.6) is 0 Å². The number of aromatic nitrogens is 2. The first-order valence-corrected chi connectivity index (χ1v) is 10.00. The topological polar surface area (TPSA) is 77.1 Å². The number of quaternary nitrogens is 1. The predicted molar refractivity (Wildman–Crippen MR) is 110 cm³/mol. The van der Waals surface area contributed by atoms with Crippen LogP contribution in [-0.2, 0) is 16.1 Å². The molecule has 2 heterocycles. The quantitative estimate of drug-likeness (QED) is 0.591. The van der Waals surface area contributed by atoms with Crippen LogP contribution < -0.4 is 15.8 Å². The molecule has 7 nitrogen and oxygen atoms in total. The number of aryl methyl sites for hydroxylation is 1. The zero-order valence-corrected chi connectivity index (χ0v) is 17.1. The summed E-state index contributed by atoms with van der Waals surface area (Å²) in [7, 11) is 1.64. The number of fused-ring (bicyclic) bond motifs is 1. The van der Waals surface area contributed by atoms with E-state index in [4.69, 9.17) is 4.74 Å². The zero-order chi connectivity index (χ0) is 20.1. The first-order valence-electron chi connectivity index (χ1n) is 9.12. The monoisotopic (exact) mass is 401 g/mol. The average Bonchev–Trinajstić information content (AvgIpc) is 3.12. The van der Waals surface area contributed by atoms with E-state index in [9.17, 15) is 9.59 Å². The Morgan fingerprint density at radius 3 is 2.96 bits per heavy atom. The van der Waals surface area contributed by atoms with E-state index in [1.807, 2.05) is 37.4 Å². The fraction of sp³-hybridized carbons (Fsp3) is 0.350. The van der Waals surface area contributed by atoms with Crippen molar-refractivity contribution in [1.82, 2.24) is 9.38 Å². The van der Waals surface area contributed by atoms with E-state index < -0.39 is 0 Å². The fourth-order valence-electron chi connectivity index (χ4n) is 3.03. The number of methoxy groups -OCH3 is 1. The number of carbonyl (C=O) groups excluding carboxylic acids is 1. The van der Waals surface area contributed by atoms with Gasteiger partial charge in [-0.15, -0.1) is 11.3 Å². The van der Waals surface area contributed by atoms with Crippen molar-refractivity contribution in [1.29, 1.82) is 0 Å². The maximum atomic E-state index is 12.6. The normalized spacial score (nSPS) is 12.2. The van der Waals surface area contributed by atoms with Gasteiger partial charge in [0.15, 0.2) is 11.5 Å². The summed E-state index contributed by atoms with van der Waals surface area (Å²) in [6.07, 6.45) is 1.71. The summed E-state index contributed by atoms with van der Waals surface area (Å²) in [6.45, 7) is 5.92. The molecule has 0 fully saturated rings. The molecule has 0 spiro atoms. The summed E-state index contributed by atoms with van der Waals surface area (Å²) in [5.74, 6) is -0.0753. The molecule has 0 bridgehead atoms. The van der Waals surface area contributed by atoms with Crippen LogP contribution in [0.15, 0.2) is 40.6 Å². The molecule has 0 saturated heterocycles. The molecule has 8 heteroatoms. The highest BCUT2D eigenvalue weighted by Gasteiger charge is 2.17. The first kappa shape index (κ1) is 20.2. The Bertz CT molecular complexity index is 1030. The van der Waals surface area contributed by atoms with E-state index in [0.29, 0.717) is 30.4 Å². The summed E-state index contributed by atoms with van der Waals surface area (Å²) >= 11 is 1.42. The number of anilines is 1. The lowest BCUT2D eigenvalue weighted by Gasteiger charge is -2.19. The van der Waals surface area contributed by atoms with Gasteiger partial charge in [0, 0.05) is 30.4 Å². The van der Waals surface area contributed by atoms with Crippen LogP contribution in [0.25, 0.3) is 4.96 Å². The fourth-order valence-corrected chi connectivity index (χ4v) is 3.77. The molecule has 148 valence electrons. The molecule has 0 aliphatic carbocycles. The summed E-state index contributed by atoms with van der Waals surface area (Å²) in [5, 5.41) is 4.83. The van der Waals surface area contributed by atoms with Crippen molar-refractivity contribution in [2.24, 2.45) is 0 Å². The molecule has 3 aromatic rings. The molecule has 2 aromatic heterocycles. The Hall–Kier alpha value is -2.55. The number of nitrogens with one attached hydrogen (secondary N) is 2. The molecule has 1 unspecified atom stereocenters. The minimum Gasteiger partial charge on any atom is -0.379 e.